The summed E-state index contributed by atoms with van der Waals surface area (Å²) in [6.45, 7) is 12.3. The van der Waals surface area contributed by atoms with Crippen LogP contribution in [-0.4, -0.2) is 38.8 Å². The molecule has 1 amide bonds. The maximum absolute atomic E-state index is 13.9. The summed E-state index contributed by atoms with van der Waals surface area (Å²) in [5.74, 6) is 0.766. The van der Waals surface area contributed by atoms with Gasteiger partial charge in [0.05, 0.1) is 12.2 Å². The molecule has 1 N–H and O–H groups in total. The van der Waals surface area contributed by atoms with Crippen LogP contribution < -0.4 is 10.6 Å². The lowest BCUT2D eigenvalue weighted by molar-refractivity contribution is 0.0937. The quantitative estimate of drug-likeness (QED) is 0.477. The molecule has 2 aromatic carbocycles. The van der Waals surface area contributed by atoms with E-state index < -0.39 is 11.6 Å². The number of nitrogens with zero attached hydrogens (tertiary/aromatic N) is 4. The van der Waals surface area contributed by atoms with Crippen LogP contribution in [0.1, 0.15) is 47.2 Å². The van der Waals surface area contributed by atoms with Gasteiger partial charge in [-0.25, -0.2) is 9.80 Å². The molecule has 0 radical (unpaired) electrons. The maximum atomic E-state index is 13.9. The predicted molar refractivity (Wildman–Crippen MR) is 143 cm³/mol. The highest BCUT2D eigenvalue weighted by atomic mass is 16.5. The molecular formula is C28H34N4O4. The Kier molecular flexibility index (Phi) is 6.80. The standard InChI is InChI=1S/C28H34N4O4/c1-18(2)15-30-24(16-31(27(34)35)28(4,5)6)25(20-10-8-7-9-11-20)23-14-21(12-13-22(23)26(30)33)32-17-36-19(3)29-32/h7-14,18H,15-17H2,1-6H3,(H,34,35). The number of benzene rings is 2. The zero-order chi connectivity index (χ0) is 26.2. The van der Waals surface area contributed by atoms with E-state index in [9.17, 15) is 14.7 Å². The Balaban J connectivity index is 2.08. The Hall–Kier alpha value is -3.81. The van der Waals surface area contributed by atoms with Gasteiger partial charge in [-0.1, -0.05) is 44.2 Å². The fourth-order valence-corrected chi connectivity index (χ4v) is 4.55. The molecule has 2 heterocycles. The van der Waals surface area contributed by atoms with Crippen LogP contribution in [0.4, 0.5) is 10.5 Å². The van der Waals surface area contributed by atoms with Crippen LogP contribution in [0.3, 0.4) is 0 Å². The number of fused-ring (bicyclic) bond motifs is 1. The summed E-state index contributed by atoms with van der Waals surface area (Å²) >= 11 is 0. The van der Waals surface area contributed by atoms with E-state index in [0.29, 0.717) is 30.3 Å². The molecule has 3 aromatic rings. The first kappa shape index (κ1) is 25.3. The number of hydrogen-bond donors (Lipinski definition) is 1. The Labute approximate surface area is 211 Å². The Morgan fingerprint density at radius 2 is 1.83 bits per heavy atom. The number of carbonyl (C=O) groups is 1. The molecule has 1 aliphatic rings. The summed E-state index contributed by atoms with van der Waals surface area (Å²) in [5.41, 5.74) is 2.46. The van der Waals surface area contributed by atoms with E-state index in [4.69, 9.17) is 4.74 Å². The van der Waals surface area contributed by atoms with Crippen molar-refractivity contribution in [2.45, 2.75) is 60.2 Å². The average Bonchev–Trinajstić information content (AvgIpc) is 3.25. The predicted octanol–water partition coefficient (Wildman–Crippen LogP) is 5.73. The van der Waals surface area contributed by atoms with Gasteiger partial charge in [-0.3, -0.25) is 9.69 Å². The molecule has 1 aliphatic heterocycles. The lowest BCUT2D eigenvalue weighted by Gasteiger charge is -2.35. The minimum absolute atomic E-state index is 0.0786. The van der Waals surface area contributed by atoms with Crippen LogP contribution in [0.15, 0.2) is 58.4 Å². The van der Waals surface area contributed by atoms with Gasteiger partial charge < -0.3 is 14.4 Å². The van der Waals surface area contributed by atoms with Crippen LogP contribution in [0.25, 0.3) is 21.9 Å². The SMILES string of the molecule is CC1=NN(c2ccc3c(=O)n(CC(C)C)c(CN(C(=O)O)C(C)(C)C)c(-c4ccccc4)c3c2)CO1. The molecule has 1 aromatic heterocycles. The number of pyridine rings is 1. The molecule has 8 nitrogen and oxygen atoms in total. The number of hydrazone groups is 1. The van der Waals surface area contributed by atoms with Crippen molar-refractivity contribution in [3.8, 4) is 11.1 Å². The number of amides is 1. The van der Waals surface area contributed by atoms with Crippen LogP contribution >= 0.6 is 0 Å². The first-order valence-electron chi connectivity index (χ1n) is 12.2. The van der Waals surface area contributed by atoms with Gasteiger partial charge in [0.2, 0.25) is 5.90 Å². The minimum atomic E-state index is -1.03. The van der Waals surface area contributed by atoms with E-state index in [1.807, 2.05) is 69.3 Å². The lowest BCUT2D eigenvalue weighted by atomic mass is 9.94. The molecule has 0 bridgehead atoms. The topological polar surface area (TPSA) is 87.4 Å². The molecular weight excluding hydrogens is 456 g/mol. The summed E-state index contributed by atoms with van der Waals surface area (Å²) in [6, 6.07) is 15.5. The van der Waals surface area contributed by atoms with Crippen molar-refractivity contribution in [3.63, 3.8) is 0 Å². The number of hydrogen-bond acceptors (Lipinski definition) is 5. The largest absolute Gasteiger partial charge is 0.465 e. The number of carboxylic acid groups (broad SMARTS) is 1. The number of ether oxygens (including phenoxy) is 1. The molecule has 36 heavy (non-hydrogen) atoms. The zero-order valence-corrected chi connectivity index (χ0v) is 21.8. The fourth-order valence-electron chi connectivity index (χ4n) is 4.55. The third kappa shape index (κ3) is 4.94. The van der Waals surface area contributed by atoms with Crippen molar-refractivity contribution in [1.29, 1.82) is 0 Å². The normalized spacial score (nSPS) is 13.8. The number of anilines is 1. The van der Waals surface area contributed by atoms with Gasteiger partial charge in [0.1, 0.15) is 0 Å². The molecule has 0 atom stereocenters. The van der Waals surface area contributed by atoms with E-state index in [2.05, 4.69) is 18.9 Å². The second-order valence-corrected chi connectivity index (χ2v) is 10.6. The van der Waals surface area contributed by atoms with Gasteiger partial charge in [0.25, 0.3) is 5.56 Å². The van der Waals surface area contributed by atoms with Crippen molar-refractivity contribution < 1.29 is 14.6 Å². The lowest BCUT2D eigenvalue weighted by Crippen LogP contribution is -2.45. The third-order valence-corrected chi connectivity index (χ3v) is 6.28. The Morgan fingerprint density at radius 1 is 1.14 bits per heavy atom. The monoisotopic (exact) mass is 490 g/mol. The van der Waals surface area contributed by atoms with E-state index in [-0.39, 0.29) is 18.0 Å². The van der Waals surface area contributed by atoms with Crippen molar-refractivity contribution in [3.05, 3.63) is 64.6 Å². The second kappa shape index (κ2) is 9.68. The van der Waals surface area contributed by atoms with Gasteiger partial charge in [-0.15, -0.1) is 5.10 Å². The molecule has 0 saturated carbocycles. The maximum Gasteiger partial charge on any atom is 0.408 e. The minimum Gasteiger partial charge on any atom is -0.465 e. The van der Waals surface area contributed by atoms with Crippen molar-refractivity contribution in [2.75, 3.05) is 11.7 Å². The van der Waals surface area contributed by atoms with Crippen molar-refractivity contribution >= 4 is 28.5 Å². The zero-order valence-electron chi connectivity index (χ0n) is 21.8. The highest BCUT2D eigenvalue weighted by Crippen LogP contribution is 2.35. The van der Waals surface area contributed by atoms with Gasteiger partial charge >= 0.3 is 6.09 Å². The summed E-state index contributed by atoms with van der Waals surface area (Å²) in [5, 5.41) is 17.6. The van der Waals surface area contributed by atoms with Crippen LogP contribution in [0.5, 0.6) is 0 Å². The molecule has 0 fully saturated rings. The average molecular weight is 491 g/mol. The van der Waals surface area contributed by atoms with Gasteiger partial charge in [0, 0.05) is 35.7 Å². The second-order valence-electron chi connectivity index (χ2n) is 10.6. The van der Waals surface area contributed by atoms with Gasteiger partial charge in [-0.05, 0) is 55.8 Å². The summed E-state index contributed by atoms with van der Waals surface area (Å²) in [4.78, 5) is 27.6. The van der Waals surface area contributed by atoms with Crippen molar-refractivity contribution in [2.24, 2.45) is 11.0 Å². The molecule has 0 spiro atoms. The van der Waals surface area contributed by atoms with Gasteiger partial charge in [0.15, 0.2) is 6.73 Å². The first-order valence-corrected chi connectivity index (χ1v) is 12.2. The van der Waals surface area contributed by atoms with E-state index in [1.54, 1.807) is 16.5 Å². The Morgan fingerprint density at radius 3 is 2.39 bits per heavy atom. The molecule has 8 heteroatoms. The van der Waals surface area contributed by atoms with Crippen LogP contribution in [0, 0.1) is 5.92 Å². The van der Waals surface area contributed by atoms with Crippen molar-refractivity contribution in [1.82, 2.24) is 9.47 Å². The smallest absolute Gasteiger partial charge is 0.408 e. The fraction of sp³-hybridized carbons (Fsp3) is 0.393. The van der Waals surface area contributed by atoms with Crippen LogP contribution in [-0.2, 0) is 17.8 Å². The van der Waals surface area contributed by atoms with E-state index >= 15 is 0 Å². The summed E-state index contributed by atoms with van der Waals surface area (Å²) in [7, 11) is 0. The number of aromatic nitrogens is 1. The molecule has 0 unspecified atom stereocenters. The third-order valence-electron chi connectivity index (χ3n) is 6.28. The first-order chi connectivity index (χ1) is 17.0. The van der Waals surface area contributed by atoms with E-state index in [1.165, 1.54) is 4.90 Å². The highest BCUT2D eigenvalue weighted by Gasteiger charge is 2.30. The number of rotatable bonds is 6. The summed E-state index contributed by atoms with van der Waals surface area (Å²) < 4.78 is 7.27. The molecule has 0 aliphatic carbocycles. The van der Waals surface area contributed by atoms with E-state index in [0.717, 1.165) is 22.2 Å². The molecule has 0 saturated heterocycles. The summed E-state index contributed by atoms with van der Waals surface area (Å²) in [6.07, 6.45) is -1.03. The Bertz CT molecular complexity index is 1370. The highest BCUT2D eigenvalue weighted by molar-refractivity contribution is 5.99. The molecule has 190 valence electrons. The van der Waals surface area contributed by atoms with Gasteiger partial charge in [-0.2, -0.15) is 0 Å². The molecule has 4 rings (SSSR count). The van der Waals surface area contributed by atoms with Crippen LogP contribution in [0.2, 0.25) is 0 Å².